The van der Waals surface area contributed by atoms with Gasteiger partial charge in [-0.3, -0.25) is 14.7 Å². The molecule has 0 saturated carbocycles. The van der Waals surface area contributed by atoms with Crippen LogP contribution in [0.4, 0.5) is 26.6 Å². The van der Waals surface area contributed by atoms with Gasteiger partial charge in [0.2, 0.25) is 5.95 Å². The molecule has 2 amide bonds. The summed E-state index contributed by atoms with van der Waals surface area (Å²) in [5.41, 5.74) is 2.81. The highest BCUT2D eigenvalue weighted by Crippen LogP contribution is 2.28. The van der Waals surface area contributed by atoms with Crippen LogP contribution in [0.25, 0.3) is 27.8 Å². The second-order valence-electron chi connectivity index (χ2n) is 11.3. The van der Waals surface area contributed by atoms with Gasteiger partial charge >= 0.3 is 6.03 Å². The third kappa shape index (κ3) is 5.71. The van der Waals surface area contributed by atoms with Crippen LogP contribution in [-0.4, -0.2) is 37.4 Å². The Balaban J connectivity index is 1.46. The number of amides is 2. The number of carbonyl (C=O) groups excluding carboxylic acids is 1. The molecule has 0 unspecified atom stereocenters. The summed E-state index contributed by atoms with van der Waals surface area (Å²) in [6, 6.07) is 15.9. The van der Waals surface area contributed by atoms with E-state index in [2.05, 4.69) is 31.0 Å². The molecule has 0 aliphatic heterocycles. The first-order chi connectivity index (χ1) is 19.9. The number of hydrogen-bond acceptors (Lipinski definition) is 6. The van der Waals surface area contributed by atoms with Gasteiger partial charge in [0, 0.05) is 47.4 Å². The number of aromatic nitrogens is 5. The van der Waals surface area contributed by atoms with E-state index in [1.807, 2.05) is 40.7 Å². The topological polar surface area (TPSA) is 119 Å². The fraction of sp³-hybridized carbons (Fsp3) is 0.258. The van der Waals surface area contributed by atoms with Crippen molar-refractivity contribution in [1.82, 2.24) is 24.3 Å². The number of fused-ring (bicyclic) bond motifs is 1. The van der Waals surface area contributed by atoms with Gasteiger partial charge in [0.25, 0.3) is 5.56 Å². The molecule has 5 aromatic rings. The molecular weight excluding hydrogens is 535 g/mol. The Kier molecular flexibility index (Phi) is 7.51. The van der Waals surface area contributed by atoms with Gasteiger partial charge < -0.3 is 10.6 Å². The van der Waals surface area contributed by atoms with Gasteiger partial charge in [0.1, 0.15) is 17.3 Å². The van der Waals surface area contributed by atoms with E-state index in [0.29, 0.717) is 45.3 Å². The summed E-state index contributed by atoms with van der Waals surface area (Å²) in [5, 5.41) is 13.9. The van der Waals surface area contributed by atoms with Crippen LogP contribution in [0.15, 0.2) is 71.7 Å². The number of carbonyl (C=O) groups is 1. The molecule has 2 aromatic carbocycles. The van der Waals surface area contributed by atoms with Crippen molar-refractivity contribution in [3.63, 3.8) is 0 Å². The molecule has 3 N–H and O–H groups in total. The highest BCUT2D eigenvalue weighted by Gasteiger charge is 2.22. The van der Waals surface area contributed by atoms with Crippen LogP contribution in [0.1, 0.15) is 46.4 Å². The van der Waals surface area contributed by atoms with Gasteiger partial charge in [-0.15, -0.1) is 0 Å². The molecule has 0 saturated heterocycles. The second-order valence-corrected chi connectivity index (χ2v) is 11.3. The van der Waals surface area contributed by atoms with E-state index < -0.39 is 11.8 Å². The highest BCUT2D eigenvalue weighted by atomic mass is 19.1. The zero-order valence-corrected chi connectivity index (χ0v) is 24.4. The molecule has 11 heteroatoms. The first-order valence-corrected chi connectivity index (χ1v) is 13.6. The fourth-order valence-electron chi connectivity index (χ4n) is 4.61. The third-order valence-electron chi connectivity index (χ3n) is 6.72. The molecule has 0 aliphatic carbocycles. The lowest BCUT2D eigenvalue weighted by atomic mass is 9.92. The zero-order chi connectivity index (χ0) is 30.2. The van der Waals surface area contributed by atoms with Gasteiger partial charge in [-0.25, -0.2) is 18.9 Å². The Hall–Kier alpha value is -5.06. The van der Waals surface area contributed by atoms with Crippen molar-refractivity contribution in [1.29, 1.82) is 0 Å². The van der Waals surface area contributed by atoms with E-state index in [-0.39, 0.29) is 17.0 Å². The molecule has 0 bridgehead atoms. The van der Waals surface area contributed by atoms with E-state index in [9.17, 15) is 14.0 Å². The number of benzene rings is 2. The summed E-state index contributed by atoms with van der Waals surface area (Å²) in [7, 11) is 1.72. The highest BCUT2D eigenvalue weighted by molar-refractivity contribution is 6.00. The number of urea groups is 1. The maximum atomic E-state index is 14.0. The lowest BCUT2D eigenvalue weighted by Gasteiger charge is -2.16. The fourth-order valence-corrected chi connectivity index (χ4v) is 4.61. The molecule has 216 valence electrons. The molecule has 0 atom stereocenters. The van der Waals surface area contributed by atoms with Crippen molar-refractivity contribution < 1.29 is 9.18 Å². The summed E-state index contributed by atoms with van der Waals surface area (Å²) in [4.78, 5) is 35.6. The van der Waals surface area contributed by atoms with Crippen LogP contribution in [0.3, 0.4) is 0 Å². The molecule has 0 aliphatic rings. The molecule has 3 heterocycles. The average Bonchev–Trinajstić information content (AvgIpc) is 3.36. The first kappa shape index (κ1) is 28.5. The maximum absolute atomic E-state index is 14.0. The predicted molar refractivity (Wildman–Crippen MR) is 164 cm³/mol. The molecule has 5 rings (SSSR count). The monoisotopic (exact) mass is 568 g/mol. The van der Waals surface area contributed by atoms with Crippen molar-refractivity contribution in [2.75, 3.05) is 23.0 Å². The van der Waals surface area contributed by atoms with Gasteiger partial charge in [0.15, 0.2) is 0 Å². The van der Waals surface area contributed by atoms with Crippen molar-refractivity contribution >= 4 is 34.5 Å². The Morgan fingerprint density at radius 3 is 2.45 bits per heavy atom. The summed E-state index contributed by atoms with van der Waals surface area (Å²) < 4.78 is 17.1. The quantitative estimate of drug-likeness (QED) is 0.220. The third-order valence-corrected chi connectivity index (χ3v) is 6.72. The van der Waals surface area contributed by atoms with Gasteiger partial charge in [0.05, 0.1) is 11.4 Å². The van der Waals surface area contributed by atoms with Crippen molar-refractivity contribution in [2.24, 2.45) is 0 Å². The SMILES string of the molecule is CNc1ncc2cc(-c3cccc(NC(=O)Nc4cc(C(C)(C)C)nn4-c4cccc(F)c4)c3)c(=O)n(C(C)C)c2n1. The van der Waals surface area contributed by atoms with Crippen LogP contribution in [0.2, 0.25) is 0 Å². The first-order valence-electron chi connectivity index (χ1n) is 13.6. The molecule has 42 heavy (non-hydrogen) atoms. The number of pyridine rings is 1. The zero-order valence-electron chi connectivity index (χ0n) is 24.4. The number of rotatable bonds is 6. The molecule has 10 nitrogen and oxygen atoms in total. The number of anilines is 3. The van der Waals surface area contributed by atoms with Crippen molar-refractivity contribution in [3.8, 4) is 16.8 Å². The van der Waals surface area contributed by atoms with Gasteiger partial charge in [-0.05, 0) is 55.8 Å². The minimum atomic E-state index is -0.517. The predicted octanol–water partition coefficient (Wildman–Crippen LogP) is 6.35. The normalized spacial score (nSPS) is 11.6. The number of hydrogen-bond donors (Lipinski definition) is 3. The second kappa shape index (κ2) is 11.1. The summed E-state index contributed by atoms with van der Waals surface area (Å²) in [6.45, 7) is 9.87. The van der Waals surface area contributed by atoms with Crippen LogP contribution >= 0.6 is 0 Å². The minimum Gasteiger partial charge on any atom is -0.357 e. The summed E-state index contributed by atoms with van der Waals surface area (Å²) >= 11 is 0. The van der Waals surface area contributed by atoms with E-state index in [1.165, 1.54) is 16.8 Å². The van der Waals surface area contributed by atoms with Gasteiger partial charge in [-0.2, -0.15) is 10.1 Å². The summed E-state index contributed by atoms with van der Waals surface area (Å²) in [5.74, 6) is 0.399. The molecule has 0 radical (unpaired) electrons. The number of nitrogens with zero attached hydrogens (tertiary/aromatic N) is 5. The van der Waals surface area contributed by atoms with E-state index in [0.717, 1.165) is 5.69 Å². The van der Waals surface area contributed by atoms with E-state index in [4.69, 9.17) is 0 Å². The Bertz CT molecular complexity index is 1850. The van der Waals surface area contributed by atoms with E-state index in [1.54, 1.807) is 60.3 Å². The summed E-state index contributed by atoms with van der Waals surface area (Å²) in [6.07, 6.45) is 1.68. The smallest absolute Gasteiger partial charge is 0.324 e. The molecular formula is C31H33FN8O2. The lowest BCUT2D eigenvalue weighted by molar-refractivity contribution is 0.262. The van der Waals surface area contributed by atoms with Crippen molar-refractivity contribution in [3.05, 3.63) is 88.7 Å². The Labute approximate surface area is 242 Å². The standard InChI is InChI=1S/C31H33FN8O2/c1-18(2)39-27-20(17-34-29(33-6)37-27)14-24(28(39)41)19-9-7-11-22(13-19)35-30(42)36-26-16-25(31(3,4)5)38-40(26)23-12-8-10-21(32)15-23/h7-18H,1-6H3,(H,33,34,37)(H2,35,36,42). The molecule has 0 fully saturated rings. The maximum Gasteiger partial charge on any atom is 0.324 e. The number of halogens is 1. The van der Waals surface area contributed by atoms with Crippen molar-refractivity contribution in [2.45, 2.75) is 46.1 Å². The van der Waals surface area contributed by atoms with Crippen LogP contribution in [-0.2, 0) is 5.41 Å². The largest absolute Gasteiger partial charge is 0.357 e. The van der Waals surface area contributed by atoms with E-state index >= 15 is 0 Å². The Morgan fingerprint density at radius 2 is 1.76 bits per heavy atom. The minimum absolute atomic E-state index is 0.146. The van der Waals surface area contributed by atoms with Gasteiger partial charge in [-0.1, -0.05) is 39.0 Å². The average molecular weight is 569 g/mol. The molecule has 0 spiro atoms. The van der Waals surface area contributed by atoms with Crippen LogP contribution < -0.4 is 21.5 Å². The van der Waals surface area contributed by atoms with Crippen LogP contribution in [0.5, 0.6) is 0 Å². The van der Waals surface area contributed by atoms with Crippen LogP contribution in [0, 0.1) is 5.82 Å². The Morgan fingerprint density at radius 1 is 1.00 bits per heavy atom. The number of nitrogens with one attached hydrogen (secondary N) is 3. The lowest BCUT2D eigenvalue weighted by Crippen LogP contribution is -2.25. The molecule has 3 aromatic heterocycles.